The van der Waals surface area contributed by atoms with Crippen molar-refractivity contribution in [2.45, 2.75) is 135 Å². The van der Waals surface area contributed by atoms with Gasteiger partial charge in [0.05, 0.1) is 0 Å². The van der Waals surface area contributed by atoms with Crippen molar-refractivity contribution in [2.75, 3.05) is 26.2 Å². The zero-order valence-electron chi connectivity index (χ0n) is 40.6. The molecule has 0 unspecified atom stereocenters. The Labute approximate surface area is 404 Å². The van der Waals surface area contributed by atoms with Gasteiger partial charge in [-0.2, -0.15) is 0 Å². The van der Waals surface area contributed by atoms with Crippen LogP contribution < -0.4 is 5.32 Å². The maximum Gasteiger partial charge on any atom is 0.223 e. The standard InChI is InChI=1S/C37H50N2O.C25H28N2/c1-2-3-4-5-6-7-8-9-16-21-37(40)39(31-33-22-24-35(25-23-33)34-19-14-11-15-20-34)36-26-28-38(29-27-36)30-32-17-12-10-13-18-32;1-3-7-22(8-4-1)20-27-17-15-25(16-18-27)26-19-21-11-13-24(14-12-21)23-9-5-2-6-10-23/h10-15,17-20,22-25,36H,2-9,16,21,26-31H2,1H3;1-14,25-26H,15-20H2. The topological polar surface area (TPSA) is 38.8 Å². The molecule has 2 aliphatic rings. The first-order valence-corrected chi connectivity index (χ1v) is 25.9. The molecule has 0 aromatic heterocycles. The molecule has 352 valence electrons. The Balaban J connectivity index is 0.000000214. The van der Waals surface area contributed by atoms with Gasteiger partial charge in [-0.3, -0.25) is 14.6 Å². The van der Waals surface area contributed by atoms with Crippen LogP contribution in [0.2, 0.25) is 0 Å². The highest BCUT2D eigenvalue weighted by Gasteiger charge is 2.28. The SMILES string of the molecule is CCCCCCCCCCCC(=O)N(Cc1ccc(-c2ccccc2)cc1)C1CCN(Cc2ccccc2)CC1.c1ccc(CN2CCC(NCc3ccc(-c4ccccc4)cc3)CC2)cc1. The lowest BCUT2D eigenvalue weighted by atomic mass is 9.99. The van der Waals surface area contributed by atoms with Crippen LogP contribution in [0, 0.1) is 0 Å². The van der Waals surface area contributed by atoms with E-state index in [4.69, 9.17) is 0 Å². The van der Waals surface area contributed by atoms with Crippen molar-refractivity contribution >= 4 is 5.91 Å². The molecule has 2 fully saturated rings. The zero-order chi connectivity index (χ0) is 46.1. The van der Waals surface area contributed by atoms with Crippen LogP contribution in [-0.2, 0) is 31.0 Å². The van der Waals surface area contributed by atoms with Crippen molar-refractivity contribution in [2.24, 2.45) is 0 Å². The highest BCUT2D eigenvalue weighted by molar-refractivity contribution is 5.76. The molecule has 0 radical (unpaired) electrons. The van der Waals surface area contributed by atoms with Gasteiger partial charge in [-0.1, -0.05) is 228 Å². The third kappa shape index (κ3) is 17.1. The summed E-state index contributed by atoms with van der Waals surface area (Å²) in [5.41, 5.74) is 10.4. The van der Waals surface area contributed by atoms with Crippen LogP contribution >= 0.6 is 0 Å². The van der Waals surface area contributed by atoms with Gasteiger partial charge in [0.2, 0.25) is 5.91 Å². The smallest absolute Gasteiger partial charge is 0.223 e. The van der Waals surface area contributed by atoms with Gasteiger partial charge in [0, 0.05) is 57.8 Å². The highest BCUT2D eigenvalue weighted by Crippen LogP contribution is 2.25. The molecule has 1 N–H and O–H groups in total. The minimum absolute atomic E-state index is 0.326. The molecule has 2 heterocycles. The van der Waals surface area contributed by atoms with Crippen molar-refractivity contribution in [1.82, 2.24) is 20.0 Å². The first-order chi connectivity index (χ1) is 33.1. The summed E-state index contributed by atoms with van der Waals surface area (Å²) < 4.78 is 0. The number of unbranched alkanes of at least 4 members (excludes halogenated alkanes) is 8. The summed E-state index contributed by atoms with van der Waals surface area (Å²) in [5, 5.41) is 3.75. The Bertz CT molecular complexity index is 2210. The van der Waals surface area contributed by atoms with Gasteiger partial charge in [0.25, 0.3) is 0 Å². The molecule has 2 saturated heterocycles. The van der Waals surface area contributed by atoms with E-state index < -0.39 is 0 Å². The van der Waals surface area contributed by atoms with Gasteiger partial charge in [-0.05, 0) is 89.7 Å². The van der Waals surface area contributed by atoms with Crippen molar-refractivity contribution in [3.63, 3.8) is 0 Å². The molecule has 6 aromatic rings. The number of piperidine rings is 2. The van der Waals surface area contributed by atoms with Gasteiger partial charge in [-0.25, -0.2) is 0 Å². The van der Waals surface area contributed by atoms with Crippen LogP contribution in [0.5, 0.6) is 0 Å². The summed E-state index contributed by atoms with van der Waals surface area (Å²) in [6.45, 7) is 10.5. The van der Waals surface area contributed by atoms with E-state index in [1.165, 1.54) is 122 Å². The highest BCUT2D eigenvalue weighted by atomic mass is 16.2. The lowest BCUT2D eigenvalue weighted by Gasteiger charge is -2.39. The third-order valence-corrected chi connectivity index (χ3v) is 14.0. The third-order valence-electron chi connectivity index (χ3n) is 14.0. The molecular weight excluding hydrogens is 817 g/mol. The largest absolute Gasteiger partial charge is 0.335 e. The minimum atomic E-state index is 0.326. The first kappa shape index (κ1) is 49.6. The predicted molar refractivity (Wildman–Crippen MR) is 282 cm³/mol. The van der Waals surface area contributed by atoms with Crippen molar-refractivity contribution in [3.05, 3.63) is 192 Å². The van der Waals surface area contributed by atoms with E-state index in [9.17, 15) is 4.79 Å². The van der Waals surface area contributed by atoms with E-state index in [1.807, 2.05) is 0 Å². The number of hydrogen-bond acceptors (Lipinski definition) is 4. The van der Waals surface area contributed by atoms with Gasteiger partial charge < -0.3 is 10.2 Å². The van der Waals surface area contributed by atoms with Crippen molar-refractivity contribution in [1.29, 1.82) is 0 Å². The monoisotopic (exact) mass is 895 g/mol. The summed E-state index contributed by atoms with van der Waals surface area (Å²) in [5.74, 6) is 0.344. The Morgan fingerprint density at radius 1 is 0.463 bits per heavy atom. The predicted octanol–water partition coefficient (Wildman–Crippen LogP) is 14.4. The molecule has 5 heteroatoms. The maximum absolute atomic E-state index is 13.6. The van der Waals surface area contributed by atoms with Crippen LogP contribution in [-0.4, -0.2) is 58.9 Å². The van der Waals surface area contributed by atoms with E-state index >= 15 is 0 Å². The fraction of sp³-hybridized carbons (Fsp3) is 0.403. The van der Waals surface area contributed by atoms with Gasteiger partial charge in [0.15, 0.2) is 0 Å². The number of amides is 1. The number of hydrogen-bond donors (Lipinski definition) is 1. The lowest BCUT2D eigenvalue weighted by Crippen LogP contribution is -2.46. The summed E-state index contributed by atoms with van der Waals surface area (Å²) in [4.78, 5) is 21.0. The van der Waals surface area contributed by atoms with E-state index in [-0.39, 0.29) is 0 Å². The number of benzene rings is 6. The number of rotatable bonds is 22. The summed E-state index contributed by atoms with van der Waals surface area (Å²) in [6, 6.07) is 61.4. The molecule has 5 nitrogen and oxygen atoms in total. The number of carbonyl (C=O) groups is 1. The maximum atomic E-state index is 13.6. The molecule has 67 heavy (non-hydrogen) atoms. The van der Waals surface area contributed by atoms with E-state index in [0.29, 0.717) is 31.0 Å². The molecule has 8 rings (SSSR count). The first-order valence-electron chi connectivity index (χ1n) is 25.9. The second-order valence-corrected chi connectivity index (χ2v) is 19.1. The summed E-state index contributed by atoms with van der Waals surface area (Å²) >= 11 is 0. The van der Waals surface area contributed by atoms with Gasteiger partial charge in [-0.15, -0.1) is 0 Å². The fourth-order valence-electron chi connectivity index (χ4n) is 9.86. The average Bonchev–Trinajstić information content (AvgIpc) is 3.39. The molecular formula is C62H78N4O. The van der Waals surface area contributed by atoms with Crippen LogP contribution in [0.4, 0.5) is 0 Å². The zero-order valence-corrected chi connectivity index (χ0v) is 40.6. The van der Waals surface area contributed by atoms with Crippen molar-refractivity contribution in [3.8, 4) is 22.3 Å². The Morgan fingerprint density at radius 3 is 1.34 bits per heavy atom. The second kappa shape index (κ2) is 28.1. The van der Waals surface area contributed by atoms with Gasteiger partial charge >= 0.3 is 0 Å². The Hall–Kier alpha value is -5.33. The molecule has 0 atom stereocenters. The normalized spacial score (nSPS) is 14.9. The Kier molecular flexibility index (Phi) is 20.8. The molecule has 2 aliphatic heterocycles. The molecule has 0 bridgehead atoms. The Morgan fingerprint density at radius 2 is 0.866 bits per heavy atom. The number of likely N-dealkylation sites (tertiary alicyclic amines) is 2. The molecule has 0 saturated carbocycles. The van der Waals surface area contributed by atoms with Gasteiger partial charge in [0.1, 0.15) is 0 Å². The molecule has 6 aromatic carbocycles. The number of nitrogens with zero attached hydrogens (tertiary/aromatic N) is 3. The quantitative estimate of drug-likeness (QED) is 0.0689. The van der Waals surface area contributed by atoms with Crippen LogP contribution in [0.15, 0.2) is 170 Å². The van der Waals surface area contributed by atoms with Crippen LogP contribution in [0.25, 0.3) is 22.3 Å². The van der Waals surface area contributed by atoms with Crippen LogP contribution in [0.1, 0.15) is 119 Å². The van der Waals surface area contributed by atoms with Crippen molar-refractivity contribution < 1.29 is 4.79 Å². The number of nitrogens with one attached hydrogen (secondary N) is 1. The lowest BCUT2D eigenvalue weighted by molar-refractivity contribution is -0.135. The van der Waals surface area contributed by atoms with Crippen LogP contribution in [0.3, 0.4) is 0 Å². The van der Waals surface area contributed by atoms with E-state index in [0.717, 1.165) is 52.0 Å². The summed E-state index contributed by atoms with van der Waals surface area (Å²) in [6.07, 6.45) is 16.8. The van der Waals surface area contributed by atoms with E-state index in [1.54, 1.807) is 0 Å². The molecule has 0 aliphatic carbocycles. The second-order valence-electron chi connectivity index (χ2n) is 19.1. The fourth-order valence-corrected chi connectivity index (χ4v) is 9.86. The molecule has 1 amide bonds. The summed E-state index contributed by atoms with van der Waals surface area (Å²) in [7, 11) is 0. The minimum Gasteiger partial charge on any atom is -0.335 e. The molecule has 0 spiro atoms. The number of carbonyl (C=O) groups excluding carboxylic acids is 1. The average molecular weight is 895 g/mol. The van der Waals surface area contributed by atoms with E-state index in [2.05, 4.69) is 197 Å².